The van der Waals surface area contributed by atoms with Crippen LogP contribution in [-0.2, 0) is 4.74 Å². The van der Waals surface area contributed by atoms with Gasteiger partial charge < -0.3 is 9.64 Å². The van der Waals surface area contributed by atoms with Crippen molar-refractivity contribution in [1.29, 1.82) is 0 Å². The molecule has 3 heterocycles. The quantitative estimate of drug-likeness (QED) is 0.832. The molecule has 2 aromatic rings. The average Bonchev–Trinajstić information content (AvgIpc) is 2.93. The number of pyridine rings is 1. The summed E-state index contributed by atoms with van der Waals surface area (Å²) in [5, 5.41) is 3.05. The molecule has 94 valence electrons. The molecule has 1 atom stereocenters. The van der Waals surface area contributed by atoms with Crippen LogP contribution in [0.25, 0.3) is 0 Å². The molecule has 18 heavy (non-hydrogen) atoms. The lowest BCUT2D eigenvalue weighted by molar-refractivity contribution is 0.0396. The molecule has 1 aliphatic rings. The molecule has 2 aromatic heterocycles. The average molecular weight is 261 g/mol. The summed E-state index contributed by atoms with van der Waals surface area (Å²) < 4.78 is 5.79. The van der Waals surface area contributed by atoms with Crippen LogP contribution in [0.1, 0.15) is 16.8 Å². The van der Waals surface area contributed by atoms with Gasteiger partial charge in [-0.1, -0.05) is 0 Å². The van der Waals surface area contributed by atoms with Crippen LogP contribution in [0, 0.1) is 6.92 Å². The van der Waals surface area contributed by atoms with Gasteiger partial charge in [-0.05, 0) is 19.1 Å². The van der Waals surface area contributed by atoms with E-state index in [1.165, 1.54) is 5.69 Å². The van der Waals surface area contributed by atoms with Gasteiger partial charge in [-0.2, -0.15) is 0 Å². The maximum absolute atomic E-state index is 5.79. The van der Waals surface area contributed by atoms with E-state index in [0.29, 0.717) is 0 Å². The Kier molecular flexibility index (Phi) is 3.25. The summed E-state index contributed by atoms with van der Waals surface area (Å²) in [7, 11) is 0. The van der Waals surface area contributed by atoms with Gasteiger partial charge in [0.05, 0.1) is 13.2 Å². The van der Waals surface area contributed by atoms with Gasteiger partial charge in [-0.15, -0.1) is 11.3 Å². The Balaban J connectivity index is 1.78. The van der Waals surface area contributed by atoms with Gasteiger partial charge in [-0.25, -0.2) is 4.98 Å². The van der Waals surface area contributed by atoms with Gasteiger partial charge in [0.2, 0.25) is 0 Å². The highest BCUT2D eigenvalue weighted by Gasteiger charge is 2.23. The van der Waals surface area contributed by atoms with E-state index in [9.17, 15) is 0 Å². The van der Waals surface area contributed by atoms with Crippen molar-refractivity contribution in [2.45, 2.75) is 13.0 Å². The standard InChI is InChI=1S/C13H15N3OS/c1-10-8-11(2-3-14-10)16-5-6-17-12(9-16)13-15-4-7-18-13/h2-4,7-8,12H,5-6,9H2,1H3. The smallest absolute Gasteiger partial charge is 0.126 e. The predicted octanol–water partition coefficient (Wildman–Crippen LogP) is 2.42. The monoisotopic (exact) mass is 261 g/mol. The van der Waals surface area contributed by atoms with Crippen LogP contribution in [-0.4, -0.2) is 29.7 Å². The van der Waals surface area contributed by atoms with E-state index >= 15 is 0 Å². The molecule has 1 fully saturated rings. The third kappa shape index (κ3) is 2.37. The van der Waals surface area contributed by atoms with E-state index in [1.807, 2.05) is 24.7 Å². The number of rotatable bonds is 2. The fourth-order valence-electron chi connectivity index (χ4n) is 2.15. The van der Waals surface area contributed by atoms with Crippen molar-refractivity contribution in [3.63, 3.8) is 0 Å². The number of aromatic nitrogens is 2. The number of hydrogen-bond acceptors (Lipinski definition) is 5. The first-order chi connectivity index (χ1) is 8.83. The largest absolute Gasteiger partial charge is 0.367 e. The molecular weight excluding hydrogens is 246 g/mol. The number of ether oxygens (including phenoxy) is 1. The number of morpholine rings is 1. The molecule has 5 heteroatoms. The van der Waals surface area contributed by atoms with Crippen LogP contribution < -0.4 is 4.90 Å². The molecule has 0 aromatic carbocycles. The van der Waals surface area contributed by atoms with Gasteiger partial charge in [0, 0.05) is 35.7 Å². The van der Waals surface area contributed by atoms with Crippen molar-refractivity contribution >= 4 is 17.0 Å². The fraction of sp³-hybridized carbons (Fsp3) is 0.385. The Bertz CT molecular complexity index is 515. The molecule has 1 saturated heterocycles. The fourth-order valence-corrected chi connectivity index (χ4v) is 2.83. The van der Waals surface area contributed by atoms with E-state index in [-0.39, 0.29) is 6.10 Å². The van der Waals surface area contributed by atoms with E-state index in [0.717, 1.165) is 30.4 Å². The zero-order valence-electron chi connectivity index (χ0n) is 10.2. The van der Waals surface area contributed by atoms with Crippen LogP contribution in [0.4, 0.5) is 5.69 Å². The molecule has 1 aliphatic heterocycles. The van der Waals surface area contributed by atoms with Crippen LogP contribution in [0.3, 0.4) is 0 Å². The van der Waals surface area contributed by atoms with Crippen LogP contribution >= 0.6 is 11.3 Å². The molecule has 3 rings (SSSR count). The number of hydrogen-bond donors (Lipinski definition) is 0. The Hall–Kier alpha value is -1.46. The highest BCUT2D eigenvalue weighted by molar-refractivity contribution is 7.09. The second kappa shape index (κ2) is 5.04. The third-order valence-electron chi connectivity index (χ3n) is 3.04. The first kappa shape index (κ1) is 11.6. The lowest BCUT2D eigenvalue weighted by Crippen LogP contribution is -2.38. The SMILES string of the molecule is Cc1cc(N2CCOC(c3nccs3)C2)ccn1. The maximum atomic E-state index is 5.79. The Labute approximate surface area is 110 Å². The van der Waals surface area contributed by atoms with Crippen molar-refractivity contribution in [2.24, 2.45) is 0 Å². The summed E-state index contributed by atoms with van der Waals surface area (Å²) in [5.41, 5.74) is 2.26. The molecule has 0 aliphatic carbocycles. The van der Waals surface area contributed by atoms with E-state index in [2.05, 4.69) is 27.0 Å². The maximum Gasteiger partial charge on any atom is 0.126 e. The van der Waals surface area contributed by atoms with E-state index in [4.69, 9.17) is 4.74 Å². The van der Waals surface area contributed by atoms with Crippen molar-refractivity contribution in [2.75, 3.05) is 24.6 Å². The number of anilines is 1. The molecule has 0 N–H and O–H groups in total. The van der Waals surface area contributed by atoms with Gasteiger partial charge >= 0.3 is 0 Å². The lowest BCUT2D eigenvalue weighted by Gasteiger charge is -2.33. The number of thiazole rings is 1. The minimum atomic E-state index is 0.0900. The highest BCUT2D eigenvalue weighted by Crippen LogP contribution is 2.27. The number of nitrogens with zero attached hydrogens (tertiary/aromatic N) is 3. The molecule has 0 radical (unpaired) electrons. The molecule has 0 bridgehead atoms. The summed E-state index contributed by atoms with van der Waals surface area (Å²) in [6.45, 7) is 4.54. The highest BCUT2D eigenvalue weighted by atomic mass is 32.1. The van der Waals surface area contributed by atoms with Gasteiger partial charge in [-0.3, -0.25) is 4.98 Å². The minimum Gasteiger partial charge on any atom is -0.367 e. The first-order valence-electron chi connectivity index (χ1n) is 6.01. The third-order valence-corrected chi connectivity index (χ3v) is 3.91. The summed E-state index contributed by atoms with van der Waals surface area (Å²) >= 11 is 1.65. The Morgan fingerprint density at radius 1 is 1.39 bits per heavy atom. The zero-order valence-corrected chi connectivity index (χ0v) is 11.1. The lowest BCUT2D eigenvalue weighted by atomic mass is 10.2. The molecule has 1 unspecified atom stereocenters. The van der Waals surface area contributed by atoms with E-state index in [1.54, 1.807) is 11.3 Å². The van der Waals surface area contributed by atoms with Crippen LogP contribution in [0.15, 0.2) is 29.9 Å². The second-order valence-corrected chi connectivity index (χ2v) is 5.26. The second-order valence-electron chi connectivity index (χ2n) is 4.33. The van der Waals surface area contributed by atoms with Crippen molar-refractivity contribution in [1.82, 2.24) is 9.97 Å². The van der Waals surface area contributed by atoms with Crippen molar-refractivity contribution in [3.8, 4) is 0 Å². The summed E-state index contributed by atoms with van der Waals surface area (Å²) in [4.78, 5) is 10.9. The predicted molar refractivity (Wildman–Crippen MR) is 72.0 cm³/mol. The van der Waals surface area contributed by atoms with Gasteiger partial charge in [0.15, 0.2) is 0 Å². The summed E-state index contributed by atoms with van der Waals surface area (Å²) in [5.74, 6) is 0. The molecule has 4 nitrogen and oxygen atoms in total. The summed E-state index contributed by atoms with van der Waals surface area (Å²) in [6.07, 6.45) is 3.78. The topological polar surface area (TPSA) is 38.2 Å². The van der Waals surface area contributed by atoms with Gasteiger partial charge in [0.1, 0.15) is 11.1 Å². The Morgan fingerprint density at radius 2 is 2.33 bits per heavy atom. The van der Waals surface area contributed by atoms with E-state index < -0.39 is 0 Å². The molecular formula is C13H15N3OS. The molecule has 0 amide bonds. The van der Waals surface area contributed by atoms with Gasteiger partial charge in [0.25, 0.3) is 0 Å². The van der Waals surface area contributed by atoms with Crippen LogP contribution in [0.2, 0.25) is 0 Å². The zero-order chi connectivity index (χ0) is 12.4. The first-order valence-corrected chi connectivity index (χ1v) is 6.89. The molecule has 0 spiro atoms. The Morgan fingerprint density at radius 3 is 3.11 bits per heavy atom. The normalized spacial score (nSPS) is 20.1. The summed E-state index contributed by atoms with van der Waals surface area (Å²) in [6, 6.07) is 4.17. The molecule has 0 saturated carbocycles. The van der Waals surface area contributed by atoms with Crippen LogP contribution in [0.5, 0.6) is 0 Å². The van der Waals surface area contributed by atoms with Crippen molar-refractivity contribution < 1.29 is 4.74 Å². The number of aryl methyl sites for hydroxylation is 1. The van der Waals surface area contributed by atoms with Crippen molar-refractivity contribution in [3.05, 3.63) is 40.6 Å². The minimum absolute atomic E-state index is 0.0900.